The first-order valence-electron chi connectivity index (χ1n) is 6.69. The summed E-state index contributed by atoms with van der Waals surface area (Å²) in [4.78, 5) is 0. The van der Waals surface area contributed by atoms with Crippen molar-refractivity contribution >= 4 is 15.9 Å². The standard InChI is InChI=1S/C13H24BrN3O/c1-3-7-15-13(4-2,11-18)6-5-8-17-10-12(14)9-16-17/h9-10,15,18H,3-8,11H2,1-2H3. The molecule has 5 heteroatoms. The van der Waals surface area contributed by atoms with E-state index in [1.54, 1.807) is 6.20 Å². The molecule has 0 radical (unpaired) electrons. The quantitative estimate of drug-likeness (QED) is 0.736. The number of aryl methyl sites for hydroxylation is 1. The van der Waals surface area contributed by atoms with Gasteiger partial charge in [-0.25, -0.2) is 0 Å². The topological polar surface area (TPSA) is 50.1 Å². The SMILES string of the molecule is CCCNC(CC)(CO)CCCn1cc(Br)cn1. The highest BCUT2D eigenvalue weighted by Crippen LogP contribution is 2.18. The van der Waals surface area contributed by atoms with Crippen molar-refractivity contribution in [1.82, 2.24) is 15.1 Å². The van der Waals surface area contributed by atoms with Crippen molar-refractivity contribution in [2.75, 3.05) is 13.2 Å². The molecule has 0 aromatic carbocycles. The van der Waals surface area contributed by atoms with E-state index in [0.29, 0.717) is 0 Å². The van der Waals surface area contributed by atoms with E-state index in [9.17, 15) is 5.11 Å². The highest BCUT2D eigenvalue weighted by Gasteiger charge is 2.25. The lowest BCUT2D eigenvalue weighted by molar-refractivity contribution is 0.142. The van der Waals surface area contributed by atoms with Crippen LogP contribution in [0.4, 0.5) is 0 Å². The van der Waals surface area contributed by atoms with Gasteiger partial charge in [0.2, 0.25) is 0 Å². The molecule has 1 unspecified atom stereocenters. The smallest absolute Gasteiger partial charge is 0.0632 e. The van der Waals surface area contributed by atoms with Gasteiger partial charge in [-0.2, -0.15) is 5.10 Å². The second-order valence-corrected chi connectivity index (χ2v) is 5.66. The van der Waals surface area contributed by atoms with E-state index in [0.717, 1.165) is 43.2 Å². The summed E-state index contributed by atoms with van der Waals surface area (Å²) in [6, 6.07) is 0. The molecule has 1 heterocycles. The Morgan fingerprint density at radius 2 is 2.28 bits per heavy atom. The van der Waals surface area contributed by atoms with Crippen LogP contribution < -0.4 is 5.32 Å². The van der Waals surface area contributed by atoms with E-state index >= 15 is 0 Å². The summed E-state index contributed by atoms with van der Waals surface area (Å²) in [7, 11) is 0. The maximum absolute atomic E-state index is 9.61. The van der Waals surface area contributed by atoms with Gasteiger partial charge in [0.25, 0.3) is 0 Å². The predicted molar refractivity (Wildman–Crippen MR) is 77.6 cm³/mol. The summed E-state index contributed by atoms with van der Waals surface area (Å²) in [5.74, 6) is 0. The van der Waals surface area contributed by atoms with Crippen LogP contribution in [0.2, 0.25) is 0 Å². The first-order chi connectivity index (χ1) is 8.65. The zero-order valence-corrected chi connectivity index (χ0v) is 12.9. The van der Waals surface area contributed by atoms with Crippen LogP contribution in [-0.4, -0.2) is 33.6 Å². The lowest BCUT2D eigenvalue weighted by Gasteiger charge is -2.32. The molecular weight excluding hydrogens is 294 g/mol. The number of nitrogens with one attached hydrogen (secondary N) is 1. The van der Waals surface area contributed by atoms with Crippen molar-refractivity contribution in [3.63, 3.8) is 0 Å². The molecule has 1 rings (SSSR count). The highest BCUT2D eigenvalue weighted by atomic mass is 79.9. The van der Waals surface area contributed by atoms with Gasteiger partial charge in [-0.15, -0.1) is 0 Å². The second kappa shape index (κ2) is 7.92. The maximum Gasteiger partial charge on any atom is 0.0632 e. The molecule has 1 aromatic rings. The Kier molecular flexibility index (Phi) is 6.89. The molecule has 0 fully saturated rings. The minimum atomic E-state index is -0.125. The van der Waals surface area contributed by atoms with Crippen LogP contribution in [0.3, 0.4) is 0 Å². The molecule has 1 atom stereocenters. The summed E-state index contributed by atoms with van der Waals surface area (Å²) < 4.78 is 2.94. The van der Waals surface area contributed by atoms with E-state index in [-0.39, 0.29) is 12.1 Å². The number of aliphatic hydroxyl groups excluding tert-OH is 1. The largest absolute Gasteiger partial charge is 0.394 e. The Morgan fingerprint density at radius 3 is 2.78 bits per heavy atom. The van der Waals surface area contributed by atoms with Gasteiger partial charge >= 0.3 is 0 Å². The number of aliphatic hydroxyl groups is 1. The van der Waals surface area contributed by atoms with Crippen molar-refractivity contribution < 1.29 is 5.11 Å². The van der Waals surface area contributed by atoms with Crippen molar-refractivity contribution in [3.8, 4) is 0 Å². The van der Waals surface area contributed by atoms with Gasteiger partial charge < -0.3 is 10.4 Å². The summed E-state index contributed by atoms with van der Waals surface area (Å²) in [6.45, 7) is 6.32. The molecular formula is C13H24BrN3O. The highest BCUT2D eigenvalue weighted by molar-refractivity contribution is 9.10. The minimum Gasteiger partial charge on any atom is -0.394 e. The number of hydrogen-bond donors (Lipinski definition) is 2. The van der Waals surface area contributed by atoms with Crippen LogP contribution >= 0.6 is 15.9 Å². The molecule has 4 nitrogen and oxygen atoms in total. The van der Waals surface area contributed by atoms with Crippen LogP contribution in [0.5, 0.6) is 0 Å². The lowest BCUT2D eigenvalue weighted by Crippen LogP contribution is -2.48. The average molecular weight is 318 g/mol. The first kappa shape index (κ1) is 15.7. The molecule has 0 aliphatic heterocycles. The molecule has 0 aliphatic rings. The average Bonchev–Trinajstić information content (AvgIpc) is 2.80. The van der Waals surface area contributed by atoms with Crippen LogP contribution in [0.15, 0.2) is 16.9 Å². The number of halogens is 1. The maximum atomic E-state index is 9.61. The number of aromatic nitrogens is 2. The van der Waals surface area contributed by atoms with Crippen molar-refractivity contribution in [3.05, 3.63) is 16.9 Å². The molecule has 104 valence electrons. The molecule has 2 N–H and O–H groups in total. The minimum absolute atomic E-state index is 0.125. The molecule has 0 amide bonds. The van der Waals surface area contributed by atoms with Crippen LogP contribution in [0.1, 0.15) is 39.5 Å². The lowest BCUT2D eigenvalue weighted by atomic mass is 9.91. The van der Waals surface area contributed by atoms with Gasteiger partial charge in [0, 0.05) is 18.3 Å². The van der Waals surface area contributed by atoms with E-state index in [1.165, 1.54) is 0 Å². The van der Waals surface area contributed by atoms with Gasteiger partial charge in [0.05, 0.1) is 17.3 Å². The third-order valence-electron chi connectivity index (χ3n) is 3.37. The number of rotatable bonds is 9. The fourth-order valence-electron chi connectivity index (χ4n) is 2.07. The van der Waals surface area contributed by atoms with Crippen molar-refractivity contribution in [2.24, 2.45) is 0 Å². The number of hydrogen-bond acceptors (Lipinski definition) is 3. The summed E-state index contributed by atoms with van der Waals surface area (Å²) >= 11 is 3.39. The molecule has 1 aromatic heterocycles. The molecule has 0 bridgehead atoms. The van der Waals surface area contributed by atoms with Gasteiger partial charge in [-0.3, -0.25) is 4.68 Å². The Labute approximate surface area is 118 Å². The van der Waals surface area contributed by atoms with E-state index in [2.05, 4.69) is 40.2 Å². The third kappa shape index (κ3) is 4.71. The molecule has 0 spiro atoms. The van der Waals surface area contributed by atoms with Crippen LogP contribution in [-0.2, 0) is 6.54 Å². The summed E-state index contributed by atoms with van der Waals surface area (Å²) in [6.07, 6.45) is 7.80. The first-order valence-corrected chi connectivity index (χ1v) is 7.49. The summed E-state index contributed by atoms with van der Waals surface area (Å²) in [5.41, 5.74) is -0.125. The Morgan fingerprint density at radius 1 is 1.50 bits per heavy atom. The Hall–Kier alpha value is -0.390. The normalized spacial score (nSPS) is 14.7. The number of nitrogens with zero attached hydrogens (tertiary/aromatic N) is 2. The zero-order valence-electron chi connectivity index (χ0n) is 11.3. The third-order valence-corrected chi connectivity index (χ3v) is 3.78. The fraction of sp³-hybridized carbons (Fsp3) is 0.769. The summed E-state index contributed by atoms with van der Waals surface area (Å²) in [5, 5.41) is 17.3. The van der Waals surface area contributed by atoms with Gasteiger partial charge in [0.1, 0.15) is 0 Å². The molecule has 0 aliphatic carbocycles. The zero-order chi connectivity index (χ0) is 13.4. The van der Waals surface area contributed by atoms with E-state index < -0.39 is 0 Å². The van der Waals surface area contributed by atoms with Crippen molar-refractivity contribution in [2.45, 2.75) is 51.6 Å². The van der Waals surface area contributed by atoms with Gasteiger partial charge in [-0.05, 0) is 48.2 Å². The van der Waals surface area contributed by atoms with Crippen LogP contribution in [0, 0.1) is 0 Å². The van der Waals surface area contributed by atoms with Crippen molar-refractivity contribution in [1.29, 1.82) is 0 Å². The molecule has 0 saturated carbocycles. The monoisotopic (exact) mass is 317 g/mol. The van der Waals surface area contributed by atoms with E-state index in [1.807, 2.05) is 10.9 Å². The van der Waals surface area contributed by atoms with E-state index in [4.69, 9.17) is 0 Å². The predicted octanol–water partition coefficient (Wildman–Crippen LogP) is 2.57. The van der Waals surface area contributed by atoms with Crippen LogP contribution in [0.25, 0.3) is 0 Å². The Bertz CT molecular complexity index is 337. The molecule has 18 heavy (non-hydrogen) atoms. The second-order valence-electron chi connectivity index (χ2n) is 4.74. The van der Waals surface area contributed by atoms with Gasteiger partial charge in [-0.1, -0.05) is 13.8 Å². The Balaban J connectivity index is 2.41. The molecule has 0 saturated heterocycles. The van der Waals surface area contributed by atoms with Gasteiger partial charge in [0.15, 0.2) is 0 Å². The fourth-order valence-corrected chi connectivity index (χ4v) is 2.40.